The Hall–Kier alpha value is -1.36. The number of carboxylic acid groups (broad SMARTS) is 1. The van der Waals surface area contributed by atoms with Crippen molar-refractivity contribution in [3.05, 3.63) is 18.7 Å². The lowest BCUT2D eigenvalue weighted by Crippen LogP contribution is -2.45. The smallest absolute Gasteiger partial charge is 0.323 e. The van der Waals surface area contributed by atoms with Crippen LogP contribution in [0.15, 0.2) is 18.7 Å². The van der Waals surface area contributed by atoms with Crippen LogP contribution in [0.25, 0.3) is 0 Å². The third-order valence-corrected chi connectivity index (χ3v) is 2.90. The zero-order chi connectivity index (χ0) is 10.2. The summed E-state index contributed by atoms with van der Waals surface area (Å²) in [5.41, 5.74) is 4.72. The van der Waals surface area contributed by atoms with Crippen LogP contribution in [0, 0.1) is 0 Å². The lowest BCUT2D eigenvalue weighted by molar-refractivity contribution is -0.143. The van der Waals surface area contributed by atoms with Gasteiger partial charge in [0.05, 0.1) is 6.33 Å². The molecule has 0 amide bonds. The van der Waals surface area contributed by atoms with Gasteiger partial charge in [0.15, 0.2) is 0 Å². The van der Waals surface area contributed by atoms with Crippen molar-refractivity contribution in [1.82, 2.24) is 9.55 Å². The SMILES string of the molecule is NC1(C(=O)O)CCC(n2ccnc2)C1. The van der Waals surface area contributed by atoms with Crippen LogP contribution < -0.4 is 5.73 Å². The fourth-order valence-corrected chi connectivity index (χ4v) is 1.98. The first kappa shape index (κ1) is 9.21. The van der Waals surface area contributed by atoms with Crippen molar-refractivity contribution in [1.29, 1.82) is 0 Å². The predicted molar refractivity (Wildman–Crippen MR) is 49.7 cm³/mol. The van der Waals surface area contributed by atoms with E-state index in [1.54, 1.807) is 12.5 Å². The molecule has 76 valence electrons. The zero-order valence-corrected chi connectivity index (χ0v) is 7.76. The molecule has 0 aliphatic heterocycles. The number of aromatic nitrogens is 2. The third-order valence-electron chi connectivity index (χ3n) is 2.90. The van der Waals surface area contributed by atoms with Crippen LogP contribution in [0.1, 0.15) is 25.3 Å². The molecular formula is C9H13N3O2. The molecule has 1 aromatic heterocycles. The van der Waals surface area contributed by atoms with Gasteiger partial charge in [0.1, 0.15) is 5.54 Å². The highest BCUT2D eigenvalue weighted by Crippen LogP contribution is 2.35. The Bertz CT molecular complexity index is 336. The maximum Gasteiger partial charge on any atom is 0.323 e. The molecule has 0 saturated heterocycles. The summed E-state index contributed by atoms with van der Waals surface area (Å²) in [6.45, 7) is 0. The summed E-state index contributed by atoms with van der Waals surface area (Å²) >= 11 is 0. The lowest BCUT2D eigenvalue weighted by atomic mass is 9.99. The molecule has 2 unspecified atom stereocenters. The molecule has 2 rings (SSSR count). The second-order valence-electron chi connectivity index (χ2n) is 3.87. The molecule has 1 heterocycles. The molecule has 1 aromatic rings. The van der Waals surface area contributed by atoms with Gasteiger partial charge in [0.2, 0.25) is 0 Å². The average molecular weight is 195 g/mol. The number of carbonyl (C=O) groups is 1. The van der Waals surface area contributed by atoms with Crippen LogP contribution in [0.5, 0.6) is 0 Å². The van der Waals surface area contributed by atoms with E-state index in [0.717, 1.165) is 6.42 Å². The van der Waals surface area contributed by atoms with E-state index in [0.29, 0.717) is 12.8 Å². The fraction of sp³-hybridized carbons (Fsp3) is 0.556. The van der Waals surface area contributed by atoms with Crippen LogP contribution in [0.4, 0.5) is 0 Å². The number of carboxylic acids is 1. The molecular weight excluding hydrogens is 182 g/mol. The third kappa shape index (κ3) is 1.39. The lowest BCUT2D eigenvalue weighted by Gasteiger charge is -2.18. The minimum Gasteiger partial charge on any atom is -0.480 e. The van der Waals surface area contributed by atoms with Crippen LogP contribution >= 0.6 is 0 Å². The summed E-state index contributed by atoms with van der Waals surface area (Å²) in [6.07, 6.45) is 7.07. The Balaban J connectivity index is 2.12. The minimum atomic E-state index is -1.05. The van der Waals surface area contributed by atoms with Crippen molar-refractivity contribution in [2.75, 3.05) is 0 Å². The number of nitrogens with two attached hydrogens (primary N) is 1. The van der Waals surface area contributed by atoms with Crippen molar-refractivity contribution in [2.45, 2.75) is 30.8 Å². The van der Waals surface area contributed by atoms with E-state index >= 15 is 0 Å². The standard InChI is InChI=1S/C9H13N3O2/c10-9(8(13)14)2-1-7(5-9)12-4-3-11-6-12/h3-4,6-7H,1-2,5,10H2,(H,13,14). The molecule has 3 N–H and O–H groups in total. The predicted octanol–water partition coefficient (Wildman–Crippen LogP) is 0.390. The Morgan fingerprint density at radius 2 is 2.50 bits per heavy atom. The molecule has 5 nitrogen and oxygen atoms in total. The van der Waals surface area contributed by atoms with Crippen molar-refractivity contribution in [3.8, 4) is 0 Å². The van der Waals surface area contributed by atoms with Gasteiger partial charge in [-0.05, 0) is 19.3 Å². The molecule has 1 aliphatic carbocycles. The Morgan fingerprint density at radius 3 is 3.00 bits per heavy atom. The van der Waals surface area contributed by atoms with Crippen LogP contribution in [0.3, 0.4) is 0 Å². The number of hydrogen-bond donors (Lipinski definition) is 2. The molecule has 0 bridgehead atoms. The van der Waals surface area contributed by atoms with Gasteiger partial charge in [-0.25, -0.2) is 4.98 Å². The highest BCUT2D eigenvalue weighted by atomic mass is 16.4. The largest absolute Gasteiger partial charge is 0.480 e. The molecule has 5 heteroatoms. The van der Waals surface area contributed by atoms with E-state index in [1.807, 2.05) is 10.8 Å². The molecule has 14 heavy (non-hydrogen) atoms. The monoisotopic (exact) mass is 195 g/mol. The maximum atomic E-state index is 10.9. The Labute approximate surface area is 81.5 Å². The van der Waals surface area contributed by atoms with Crippen molar-refractivity contribution < 1.29 is 9.90 Å². The summed E-state index contributed by atoms with van der Waals surface area (Å²) in [6, 6.07) is 0.179. The first-order valence-electron chi connectivity index (χ1n) is 4.61. The van der Waals surface area contributed by atoms with Crippen LogP contribution in [-0.2, 0) is 4.79 Å². The van der Waals surface area contributed by atoms with E-state index in [1.165, 1.54) is 0 Å². The molecule has 1 aliphatic rings. The van der Waals surface area contributed by atoms with E-state index < -0.39 is 11.5 Å². The fourth-order valence-electron chi connectivity index (χ4n) is 1.98. The van der Waals surface area contributed by atoms with E-state index in [9.17, 15) is 4.79 Å². The second kappa shape index (κ2) is 3.09. The highest BCUT2D eigenvalue weighted by Gasteiger charge is 2.42. The van der Waals surface area contributed by atoms with Gasteiger partial charge in [0.25, 0.3) is 0 Å². The molecule has 0 spiro atoms. The van der Waals surface area contributed by atoms with E-state index in [2.05, 4.69) is 4.98 Å². The first-order valence-corrected chi connectivity index (χ1v) is 4.61. The van der Waals surface area contributed by atoms with Gasteiger partial charge in [-0.3, -0.25) is 4.79 Å². The van der Waals surface area contributed by atoms with Crippen molar-refractivity contribution in [3.63, 3.8) is 0 Å². The normalized spacial score (nSPS) is 31.9. The summed E-state index contributed by atoms with van der Waals surface area (Å²) in [7, 11) is 0. The second-order valence-corrected chi connectivity index (χ2v) is 3.87. The van der Waals surface area contributed by atoms with Gasteiger partial charge < -0.3 is 15.4 Å². The zero-order valence-electron chi connectivity index (χ0n) is 7.76. The minimum absolute atomic E-state index is 0.179. The average Bonchev–Trinajstić information content (AvgIpc) is 2.72. The quantitative estimate of drug-likeness (QED) is 0.715. The van der Waals surface area contributed by atoms with Crippen LogP contribution in [0.2, 0.25) is 0 Å². The van der Waals surface area contributed by atoms with Gasteiger partial charge in [-0.1, -0.05) is 0 Å². The molecule has 0 aromatic carbocycles. The van der Waals surface area contributed by atoms with E-state index in [4.69, 9.17) is 10.8 Å². The topological polar surface area (TPSA) is 81.1 Å². The summed E-state index contributed by atoms with van der Waals surface area (Å²) in [4.78, 5) is 14.8. The number of rotatable bonds is 2. The van der Waals surface area contributed by atoms with Crippen molar-refractivity contribution in [2.24, 2.45) is 5.73 Å². The number of aliphatic carboxylic acids is 1. The molecule has 1 saturated carbocycles. The van der Waals surface area contributed by atoms with Gasteiger partial charge in [0, 0.05) is 18.4 Å². The first-order chi connectivity index (χ1) is 6.62. The maximum absolute atomic E-state index is 10.9. The van der Waals surface area contributed by atoms with Gasteiger partial charge >= 0.3 is 5.97 Å². The highest BCUT2D eigenvalue weighted by molar-refractivity contribution is 5.78. The number of nitrogens with zero attached hydrogens (tertiary/aromatic N) is 2. The summed E-state index contributed by atoms with van der Waals surface area (Å²) in [5, 5.41) is 8.94. The summed E-state index contributed by atoms with van der Waals surface area (Å²) in [5.74, 6) is -0.903. The molecule has 1 fully saturated rings. The van der Waals surface area contributed by atoms with E-state index in [-0.39, 0.29) is 6.04 Å². The Kier molecular flexibility index (Phi) is 2.03. The summed E-state index contributed by atoms with van der Waals surface area (Å²) < 4.78 is 1.93. The van der Waals surface area contributed by atoms with Gasteiger partial charge in [-0.2, -0.15) is 0 Å². The van der Waals surface area contributed by atoms with Crippen LogP contribution in [-0.4, -0.2) is 26.2 Å². The van der Waals surface area contributed by atoms with Crippen molar-refractivity contribution >= 4 is 5.97 Å². The number of hydrogen-bond acceptors (Lipinski definition) is 3. The number of imidazole rings is 1. The Morgan fingerprint density at radius 1 is 1.71 bits per heavy atom. The molecule has 2 atom stereocenters. The molecule has 0 radical (unpaired) electrons. The van der Waals surface area contributed by atoms with Gasteiger partial charge in [-0.15, -0.1) is 0 Å².